The quantitative estimate of drug-likeness (QED) is 0.692. The van der Waals surface area contributed by atoms with Crippen molar-refractivity contribution in [2.24, 2.45) is 11.1 Å². The van der Waals surface area contributed by atoms with E-state index in [4.69, 9.17) is 22.7 Å². The molecule has 0 amide bonds. The van der Waals surface area contributed by atoms with E-state index in [0.29, 0.717) is 18.8 Å². The summed E-state index contributed by atoms with van der Waals surface area (Å²) in [5, 5.41) is 0. The number of aromatic nitrogens is 1. The van der Waals surface area contributed by atoms with E-state index in [1.165, 1.54) is 18.3 Å². The van der Waals surface area contributed by atoms with Gasteiger partial charge in [-0.1, -0.05) is 26.1 Å². The van der Waals surface area contributed by atoms with E-state index in [2.05, 4.69) is 9.71 Å². The number of thiocarbonyl (C=S) groups is 1. The Hall–Kier alpha value is -1.09. The Morgan fingerprint density at radius 3 is 2.62 bits per heavy atom. The molecule has 0 aliphatic carbocycles. The molecule has 1 heterocycles. The first-order valence-corrected chi connectivity index (χ1v) is 8.31. The van der Waals surface area contributed by atoms with Gasteiger partial charge in [-0.15, -0.1) is 0 Å². The second-order valence-electron chi connectivity index (χ2n) is 5.47. The van der Waals surface area contributed by atoms with Crippen molar-refractivity contribution in [2.75, 3.05) is 20.3 Å². The second kappa shape index (κ2) is 7.26. The first kappa shape index (κ1) is 18.0. The predicted molar refractivity (Wildman–Crippen MR) is 85.6 cm³/mol. The molecular weight excluding hydrogens is 310 g/mol. The molecule has 0 atom stereocenters. The standard InChI is InChI=1S/C13H21N3O3S2/c1-13(2,6-7-19-3)9-16-21(17,18)10-4-5-11(12(14)20)15-8-10/h4-5,8,16H,6-7,9H2,1-3H3,(H2,14,20). The molecule has 0 fully saturated rings. The Labute approximate surface area is 131 Å². The average molecular weight is 331 g/mol. The normalized spacial score (nSPS) is 12.3. The third-order valence-corrected chi connectivity index (χ3v) is 4.62. The van der Waals surface area contributed by atoms with E-state index in [0.717, 1.165) is 6.42 Å². The number of pyridine rings is 1. The van der Waals surface area contributed by atoms with Crippen LogP contribution in [-0.2, 0) is 14.8 Å². The van der Waals surface area contributed by atoms with Crippen molar-refractivity contribution in [1.82, 2.24) is 9.71 Å². The number of nitrogens with zero attached hydrogens (tertiary/aromatic N) is 1. The maximum Gasteiger partial charge on any atom is 0.242 e. The monoisotopic (exact) mass is 331 g/mol. The van der Waals surface area contributed by atoms with Gasteiger partial charge in [0.1, 0.15) is 9.88 Å². The van der Waals surface area contributed by atoms with Crippen LogP contribution in [0.2, 0.25) is 0 Å². The fraction of sp³-hybridized carbons (Fsp3) is 0.538. The minimum Gasteiger partial charge on any atom is -0.388 e. The maximum absolute atomic E-state index is 12.2. The summed E-state index contributed by atoms with van der Waals surface area (Å²) >= 11 is 4.78. The zero-order valence-electron chi connectivity index (χ0n) is 12.4. The lowest BCUT2D eigenvalue weighted by molar-refractivity contribution is 0.153. The van der Waals surface area contributed by atoms with Crippen molar-refractivity contribution < 1.29 is 13.2 Å². The molecule has 1 aromatic heterocycles. The lowest BCUT2D eigenvalue weighted by atomic mass is 9.90. The summed E-state index contributed by atoms with van der Waals surface area (Å²) in [5.74, 6) is 0. The van der Waals surface area contributed by atoms with Crippen molar-refractivity contribution in [3.8, 4) is 0 Å². The summed E-state index contributed by atoms with van der Waals surface area (Å²) in [6.07, 6.45) is 2.00. The van der Waals surface area contributed by atoms with E-state index in [1.54, 1.807) is 7.11 Å². The fourth-order valence-electron chi connectivity index (χ4n) is 1.53. The third kappa shape index (κ3) is 5.66. The Kier molecular flexibility index (Phi) is 6.21. The minimum absolute atomic E-state index is 0.0880. The molecule has 0 spiro atoms. The Bertz CT molecular complexity index is 583. The molecule has 0 aromatic carbocycles. The molecular formula is C13H21N3O3S2. The summed E-state index contributed by atoms with van der Waals surface area (Å²) < 4.78 is 32.0. The van der Waals surface area contributed by atoms with Crippen molar-refractivity contribution in [3.63, 3.8) is 0 Å². The van der Waals surface area contributed by atoms with E-state index in [1.807, 2.05) is 13.8 Å². The highest BCUT2D eigenvalue weighted by Gasteiger charge is 2.22. The van der Waals surface area contributed by atoms with Crippen LogP contribution in [0.15, 0.2) is 23.2 Å². The smallest absolute Gasteiger partial charge is 0.242 e. The minimum atomic E-state index is -3.60. The zero-order chi connectivity index (χ0) is 16.1. The van der Waals surface area contributed by atoms with E-state index >= 15 is 0 Å². The van der Waals surface area contributed by atoms with E-state index in [9.17, 15) is 8.42 Å². The van der Waals surface area contributed by atoms with Crippen molar-refractivity contribution in [2.45, 2.75) is 25.2 Å². The molecule has 6 nitrogen and oxygen atoms in total. The maximum atomic E-state index is 12.2. The third-order valence-electron chi connectivity index (χ3n) is 3.02. The number of hydrogen-bond acceptors (Lipinski definition) is 5. The van der Waals surface area contributed by atoms with Crippen LogP contribution in [0.25, 0.3) is 0 Å². The molecule has 0 aliphatic heterocycles. The van der Waals surface area contributed by atoms with Crippen LogP contribution in [0.4, 0.5) is 0 Å². The van der Waals surface area contributed by atoms with Gasteiger partial charge in [-0.2, -0.15) is 0 Å². The average Bonchev–Trinajstić information content (AvgIpc) is 2.43. The summed E-state index contributed by atoms with van der Waals surface area (Å²) in [6.45, 7) is 4.85. The number of nitrogens with one attached hydrogen (secondary N) is 1. The van der Waals surface area contributed by atoms with Gasteiger partial charge in [0.25, 0.3) is 0 Å². The molecule has 3 N–H and O–H groups in total. The van der Waals surface area contributed by atoms with Gasteiger partial charge in [-0.25, -0.2) is 13.1 Å². The molecule has 0 radical (unpaired) electrons. The van der Waals surface area contributed by atoms with Gasteiger partial charge in [-0.3, -0.25) is 4.98 Å². The summed E-state index contributed by atoms with van der Waals surface area (Å²) in [5.41, 5.74) is 5.62. The molecule has 1 aromatic rings. The van der Waals surface area contributed by atoms with Crippen molar-refractivity contribution in [1.29, 1.82) is 0 Å². The van der Waals surface area contributed by atoms with Crippen LogP contribution in [0.5, 0.6) is 0 Å². The van der Waals surface area contributed by atoms with Gasteiger partial charge in [0.05, 0.1) is 5.69 Å². The molecule has 1 rings (SSSR count). The predicted octanol–water partition coefficient (Wildman–Crippen LogP) is 1.06. The van der Waals surface area contributed by atoms with Gasteiger partial charge >= 0.3 is 0 Å². The van der Waals surface area contributed by atoms with Gasteiger partial charge in [0.15, 0.2) is 0 Å². The van der Waals surface area contributed by atoms with Crippen LogP contribution < -0.4 is 10.5 Å². The van der Waals surface area contributed by atoms with Crippen molar-refractivity contribution >= 4 is 27.2 Å². The topological polar surface area (TPSA) is 94.3 Å². The largest absolute Gasteiger partial charge is 0.388 e. The van der Waals surface area contributed by atoms with E-state index < -0.39 is 10.0 Å². The van der Waals surface area contributed by atoms with Crippen LogP contribution in [0.3, 0.4) is 0 Å². The van der Waals surface area contributed by atoms with E-state index in [-0.39, 0.29) is 15.3 Å². The molecule has 0 saturated heterocycles. The molecule has 118 valence electrons. The number of methoxy groups -OCH3 is 1. The van der Waals surface area contributed by atoms with Gasteiger partial charge in [0, 0.05) is 26.5 Å². The lowest BCUT2D eigenvalue weighted by Gasteiger charge is -2.24. The van der Waals surface area contributed by atoms with Crippen molar-refractivity contribution in [3.05, 3.63) is 24.0 Å². The second-order valence-corrected chi connectivity index (χ2v) is 7.68. The molecule has 8 heteroatoms. The van der Waals surface area contributed by atoms with Gasteiger partial charge in [0.2, 0.25) is 10.0 Å². The summed E-state index contributed by atoms with van der Waals surface area (Å²) in [6, 6.07) is 2.93. The number of sulfonamides is 1. The van der Waals surface area contributed by atoms with Crippen LogP contribution in [0.1, 0.15) is 26.0 Å². The zero-order valence-corrected chi connectivity index (χ0v) is 14.1. The molecule has 0 aliphatic rings. The van der Waals surface area contributed by atoms with Gasteiger partial charge in [-0.05, 0) is 24.0 Å². The number of hydrogen-bond donors (Lipinski definition) is 2. The van der Waals surface area contributed by atoms with Crippen LogP contribution in [0, 0.1) is 5.41 Å². The molecule has 0 saturated carbocycles. The highest BCUT2D eigenvalue weighted by atomic mass is 32.2. The summed E-state index contributed by atoms with van der Waals surface area (Å²) in [4.78, 5) is 4.15. The molecule has 0 bridgehead atoms. The first-order valence-electron chi connectivity index (χ1n) is 6.42. The van der Waals surface area contributed by atoms with Crippen LogP contribution in [-0.4, -0.2) is 38.7 Å². The Balaban J connectivity index is 2.75. The SMILES string of the molecule is COCCC(C)(C)CNS(=O)(=O)c1ccc(C(N)=S)nc1. The first-order chi connectivity index (χ1) is 9.68. The fourth-order valence-corrected chi connectivity index (χ4v) is 2.83. The highest BCUT2D eigenvalue weighted by Crippen LogP contribution is 2.20. The number of rotatable bonds is 8. The Morgan fingerprint density at radius 2 is 2.14 bits per heavy atom. The number of ether oxygens (including phenoxy) is 1. The van der Waals surface area contributed by atoms with Crippen LogP contribution >= 0.6 is 12.2 Å². The highest BCUT2D eigenvalue weighted by molar-refractivity contribution is 7.89. The summed E-state index contributed by atoms with van der Waals surface area (Å²) in [7, 11) is -1.98. The lowest BCUT2D eigenvalue weighted by Crippen LogP contribution is -2.34. The Morgan fingerprint density at radius 1 is 1.48 bits per heavy atom. The molecule has 0 unspecified atom stereocenters. The molecule has 21 heavy (non-hydrogen) atoms. The van der Waals surface area contributed by atoms with Gasteiger partial charge < -0.3 is 10.5 Å². The number of nitrogens with two attached hydrogens (primary N) is 1.